The Labute approximate surface area is 229 Å². The van der Waals surface area contributed by atoms with Crippen molar-refractivity contribution in [3.8, 4) is 5.75 Å². The third-order valence-corrected chi connectivity index (χ3v) is 6.51. The van der Waals surface area contributed by atoms with Crippen LogP contribution in [-0.2, 0) is 11.2 Å². The van der Waals surface area contributed by atoms with Gasteiger partial charge in [-0.05, 0) is 88.6 Å². The van der Waals surface area contributed by atoms with Crippen LogP contribution in [0.3, 0.4) is 0 Å². The fraction of sp³-hybridized carbons (Fsp3) is 0.185. The topological polar surface area (TPSA) is 85.6 Å². The molecule has 1 aromatic heterocycles. The van der Waals surface area contributed by atoms with Gasteiger partial charge in [0.2, 0.25) is 0 Å². The molecule has 1 amide bonds. The predicted molar refractivity (Wildman–Crippen MR) is 150 cm³/mol. The van der Waals surface area contributed by atoms with Crippen LogP contribution >= 0.6 is 31.9 Å². The van der Waals surface area contributed by atoms with Gasteiger partial charge in [0.05, 0.1) is 21.6 Å². The Morgan fingerprint density at radius 3 is 2.65 bits per heavy atom. The molecule has 0 spiro atoms. The van der Waals surface area contributed by atoms with Gasteiger partial charge in [-0.2, -0.15) is 9.78 Å². The molecule has 7 nitrogen and oxygen atoms in total. The van der Waals surface area contributed by atoms with E-state index in [0.29, 0.717) is 39.1 Å². The van der Waals surface area contributed by atoms with E-state index in [9.17, 15) is 14.0 Å². The fourth-order valence-corrected chi connectivity index (χ4v) is 4.40. The minimum Gasteiger partial charge on any atom is -0.483 e. The molecule has 0 fully saturated rings. The van der Waals surface area contributed by atoms with E-state index in [0.717, 1.165) is 22.9 Å². The summed E-state index contributed by atoms with van der Waals surface area (Å²) >= 11 is 6.87. The van der Waals surface area contributed by atoms with E-state index < -0.39 is 0 Å². The Kier molecular flexibility index (Phi) is 8.83. The second-order valence-electron chi connectivity index (χ2n) is 8.19. The van der Waals surface area contributed by atoms with Gasteiger partial charge in [0.15, 0.2) is 6.61 Å². The van der Waals surface area contributed by atoms with E-state index in [-0.39, 0.29) is 23.9 Å². The predicted octanol–water partition coefficient (Wildman–Crippen LogP) is 6.30. The number of nitrogens with zero attached hydrogens (tertiary/aromatic N) is 3. The lowest BCUT2D eigenvalue weighted by Crippen LogP contribution is -2.22. The van der Waals surface area contributed by atoms with Crippen LogP contribution in [0.5, 0.6) is 5.75 Å². The summed E-state index contributed by atoms with van der Waals surface area (Å²) in [5, 5.41) is 7.58. The molecule has 1 N–H and O–H groups in total. The summed E-state index contributed by atoms with van der Waals surface area (Å²) in [7, 11) is 0. The largest absolute Gasteiger partial charge is 0.483 e. The van der Waals surface area contributed by atoms with Crippen molar-refractivity contribution in [1.82, 2.24) is 9.66 Å². The molecule has 0 unspecified atom stereocenters. The zero-order valence-electron chi connectivity index (χ0n) is 19.9. The molecule has 4 aromatic rings. The molecule has 0 aliphatic rings. The van der Waals surface area contributed by atoms with Crippen molar-refractivity contribution in [1.29, 1.82) is 0 Å². The first-order chi connectivity index (χ1) is 17.8. The molecule has 37 heavy (non-hydrogen) atoms. The van der Waals surface area contributed by atoms with Gasteiger partial charge in [-0.3, -0.25) is 9.59 Å². The summed E-state index contributed by atoms with van der Waals surface area (Å²) in [5.41, 5.74) is 1.60. The summed E-state index contributed by atoms with van der Waals surface area (Å²) < 4.78 is 21.4. The second-order valence-corrected chi connectivity index (χ2v) is 9.96. The van der Waals surface area contributed by atoms with Crippen molar-refractivity contribution in [2.75, 3.05) is 11.9 Å². The Hall–Kier alpha value is -3.37. The number of aromatic nitrogens is 2. The molecule has 1 heterocycles. The average Bonchev–Trinajstić information content (AvgIpc) is 2.88. The molecule has 0 bridgehead atoms. The van der Waals surface area contributed by atoms with Crippen molar-refractivity contribution in [3.63, 3.8) is 0 Å². The Balaban J connectivity index is 1.50. The van der Waals surface area contributed by atoms with Crippen molar-refractivity contribution >= 4 is 60.6 Å². The minimum absolute atomic E-state index is 0.224. The average molecular weight is 630 g/mol. The second kappa shape index (κ2) is 12.2. The van der Waals surface area contributed by atoms with Crippen molar-refractivity contribution in [2.24, 2.45) is 5.10 Å². The van der Waals surface area contributed by atoms with Crippen LogP contribution in [-0.4, -0.2) is 28.4 Å². The smallest absolute Gasteiger partial charge is 0.282 e. The first kappa shape index (κ1) is 26.7. The number of hydrogen-bond acceptors (Lipinski definition) is 5. The van der Waals surface area contributed by atoms with Crippen molar-refractivity contribution < 1.29 is 13.9 Å². The molecule has 0 aliphatic carbocycles. The first-order valence-electron chi connectivity index (χ1n) is 11.6. The highest BCUT2D eigenvalue weighted by molar-refractivity contribution is 9.10. The Morgan fingerprint density at radius 1 is 1.14 bits per heavy atom. The summed E-state index contributed by atoms with van der Waals surface area (Å²) in [5.74, 6) is 0.306. The monoisotopic (exact) mass is 628 g/mol. The van der Waals surface area contributed by atoms with Crippen LogP contribution in [0.1, 0.15) is 31.2 Å². The highest BCUT2D eigenvalue weighted by Gasteiger charge is 2.11. The van der Waals surface area contributed by atoms with E-state index in [1.165, 1.54) is 28.9 Å². The number of nitrogens with one attached hydrogen (secondary N) is 1. The molecule has 190 valence electrons. The van der Waals surface area contributed by atoms with Crippen molar-refractivity contribution in [3.05, 3.63) is 97.2 Å². The van der Waals surface area contributed by atoms with Gasteiger partial charge in [0.25, 0.3) is 11.5 Å². The number of halogens is 3. The zero-order valence-corrected chi connectivity index (χ0v) is 23.1. The quantitative estimate of drug-likeness (QED) is 0.220. The lowest BCUT2D eigenvalue weighted by Gasteiger charge is -2.10. The molecular formula is C27H23Br2FN4O3. The number of carbonyl (C=O) groups is 1. The number of amides is 1. The SMILES string of the molecule is CCCCc1nc2ccc(Br)cc2c(=O)n1N=Cc1ccc(OCC(=O)Nc2ccc(F)cc2)c(Br)c1. The van der Waals surface area contributed by atoms with Gasteiger partial charge in [-0.1, -0.05) is 29.3 Å². The standard InChI is InChI=1S/C27H23Br2FN4O3/c1-2-3-4-25-33-23-11-6-18(28)14-21(23)27(36)34(25)31-15-17-5-12-24(22(29)13-17)37-16-26(35)32-20-9-7-19(30)8-10-20/h5-15H,2-4,16H2,1H3,(H,32,35). The number of anilines is 1. The Bertz CT molecular complexity index is 1520. The molecule has 0 saturated heterocycles. The van der Waals surface area contributed by atoms with Crippen molar-refractivity contribution in [2.45, 2.75) is 26.2 Å². The zero-order chi connectivity index (χ0) is 26.4. The molecule has 0 atom stereocenters. The number of hydrogen-bond donors (Lipinski definition) is 1. The molecule has 3 aromatic carbocycles. The van der Waals surface area contributed by atoms with Crippen LogP contribution in [0.15, 0.2) is 79.5 Å². The van der Waals surface area contributed by atoms with Crippen LogP contribution in [0.2, 0.25) is 0 Å². The molecule has 10 heteroatoms. The normalized spacial score (nSPS) is 11.2. The first-order valence-corrected chi connectivity index (χ1v) is 13.2. The maximum atomic E-state index is 13.2. The third kappa shape index (κ3) is 6.90. The number of benzene rings is 3. The Morgan fingerprint density at radius 2 is 1.92 bits per heavy atom. The van der Waals surface area contributed by atoms with E-state index in [1.54, 1.807) is 30.5 Å². The lowest BCUT2D eigenvalue weighted by atomic mass is 10.2. The van der Waals surface area contributed by atoms with Crippen LogP contribution < -0.4 is 15.6 Å². The van der Waals surface area contributed by atoms with Crippen LogP contribution in [0.4, 0.5) is 10.1 Å². The molecule has 4 rings (SSSR count). The highest BCUT2D eigenvalue weighted by atomic mass is 79.9. The fourth-order valence-electron chi connectivity index (χ4n) is 3.52. The van der Waals surface area contributed by atoms with Gasteiger partial charge in [-0.15, -0.1) is 0 Å². The van der Waals surface area contributed by atoms with E-state index >= 15 is 0 Å². The van der Waals surface area contributed by atoms with E-state index in [2.05, 4.69) is 54.2 Å². The summed E-state index contributed by atoms with van der Waals surface area (Å²) in [6, 6.07) is 16.1. The van der Waals surface area contributed by atoms with Gasteiger partial charge < -0.3 is 10.1 Å². The molecule has 0 aliphatic heterocycles. The van der Waals surface area contributed by atoms with Gasteiger partial charge >= 0.3 is 0 Å². The number of ether oxygens (including phenoxy) is 1. The van der Waals surface area contributed by atoms with Gasteiger partial charge in [-0.25, -0.2) is 9.37 Å². The highest BCUT2D eigenvalue weighted by Crippen LogP contribution is 2.26. The van der Waals surface area contributed by atoms with E-state index in [1.807, 2.05) is 12.1 Å². The van der Waals surface area contributed by atoms with E-state index in [4.69, 9.17) is 4.74 Å². The number of carbonyl (C=O) groups excluding carboxylic acids is 1. The van der Waals surface area contributed by atoms with Crippen LogP contribution in [0, 0.1) is 5.82 Å². The lowest BCUT2D eigenvalue weighted by molar-refractivity contribution is -0.118. The number of unbranched alkanes of at least 4 members (excludes halogenated alkanes) is 1. The molecular weight excluding hydrogens is 607 g/mol. The number of rotatable bonds is 9. The summed E-state index contributed by atoms with van der Waals surface area (Å²) in [6.45, 7) is 1.86. The minimum atomic E-state index is -0.381. The maximum Gasteiger partial charge on any atom is 0.282 e. The van der Waals surface area contributed by atoms with Gasteiger partial charge in [0.1, 0.15) is 17.4 Å². The number of fused-ring (bicyclic) bond motifs is 1. The van der Waals surface area contributed by atoms with Gasteiger partial charge in [0, 0.05) is 16.6 Å². The number of aryl methyl sites for hydroxylation is 1. The molecule has 0 saturated carbocycles. The molecule has 0 radical (unpaired) electrons. The van der Waals surface area contributed by atoms with Crippen LogP contribution in [0.25, 0.3) is 10.9 Å². The third-order valence-electron chi connectivity index (χ3n) is 5.39. The summed E-state index contributed by atoms with van der Waals surface area (Å²) in [4.78, 5) is 30.0. The summed E-state index contributed by atoms with van der Waals surface area (Å²) in [6.07, 6.45) is 4.06. The maximum absolute atomic E-state index is 13.2.